The molecule has 6 heteroatoms. The van der Waals surface area contributed by atoms with Gasteiger partial charge >= 0.3 is 0 Å². The van der Waals surface area contributed by atoms with Crippen LogP contribution in [0.15, 0.2) is 35.5 Å². The van der Waals surface area contributed by atoms with Gasteiger partial charge in [-0.25, -0.2) is 0 Å². The van der Waals surface area contributed by atoms with Gasteiger partial charge in [0.15, 0.2) is 0 Å². The molecule has 0 bridgehead atoms. The standard InChI is InChI=1S/C18H16N4O2/c1-10-8-12(4-7-16(23)21-22-19)11(2)18-17(10)14-9-13(24-3)5-6-15(14)20-18/h4-9,20H,1-3H3/b7-4+. The molecule has 3 rings (SSSR count). The fourth-order valence-corrected chi connectivity index (χ4v) is 2.96. The van der Waals surface area contributed by atoms with Crippen molar-refractivity contribution in [2.24, 2.45) is 5.11 Å². The molecule has 0 unspecified atom stereocenters. The van der Waals surface area contributed by atoms with E-state index in [0.29, 0.717) is 0 Å². The van der Waals surface area contributed by atoms with Gasteiger partial charge in [0.05, 0.1) is 12.6 Å². The number of carbonyl (C=O) groups is 1. The van der Waals surface area contributed by atoms with Gasteiger partial charge in [0, 0.05) is 21.2 Å². The van der Waals surface area contributed by atoms with Crippen LogP contribution in [0.25, 0.3) is 38.3 Å². The average Bonchev–Trinajstić information content (AvgIpc) is 2.96. The summed E-state index contributed by atoms with van der Waals surface area (Å²) in [6.07, 6.45) is 2.95. The van der Waals surface area contributed by atoms with Gasteiger partial charge in [0.2, 0.25) is 5.91 Å². The number of aromatic nitrogens is 1. The second kappa shape index (κ2) is 6.10. The molecule has 6 nitrogen and oxygen atoms in total. The van der Waals surface area contributed by atoms with Gasteiger partial charge in [0.25, 0.3) is 0 Å². The SMILES string of the molecule is COc1ccc2[nH]c3c(C)c(/C=C/C(=O)N=[N+]=[N-])cc(C)c3c2c1. The highest BCUT2D eigenvalue weighted by molar-refractivity contribution is 6.11. The minimum absolute atomic E-state index is 0.615. The molecule has 0 radical (unpaired) electrons. The molecular formula is C18H16N4O2. The van der Waals surface area contributed by atoms with Gasteiger partial charge in [-0.2, -0.15) is 0 Å². The Morgan fingerprint density at radius 3 is 2.83 bits per heavy atom. The number of methoxy groups -OCH3 is 1. The van der Waals surface area contributed by atoms with E-state index in [2.05, 4.69) is 15.0 Å². The number of hydrogen-bond acceptors (Lipinski definition) is 2. The Morgan fingerprint density at radius 1 is 1.33 bits per heavy atom. The van der Waals surface area contributed by atoms with E-state index >= 15 is 0 Å². The van der Waals surface area contributed by atoms with Crippen molar-refractivity contribution in [3.8, 4) is 5.75 Å². The number of H-pyrrole nitrogens is 1. The van der Waals surface area contributed by atoms with Gasteiger partial charge in [-0.15, -0.1) is 0 Å². The van der Waals surface area contributed by atoms with Crippen LogP contribution in [-0.2, 0) is 4.79 Å². The molecule has 24 heavy (non-hydrogen) atoms. The van der Waals surface area contributed by atoms with E-state index in [1.807, 2.05) is 38.1 Å². The third-order valence-electron chi connectivity index (χ3n) is 4.13. The molecule has 0 aliphatic heterocycles. The van der Waals surface area contributed by atoms with Crippen molar-refractivity contribution in [1.29, 1.82) is 0 Å². The molecule has 0 spiro atoms. The van der Waals surface area contributed by atoms with Gasteiger partial charge in [-0.1, -0.05) is 12.1 Å². The molecule has 0 fully saturated rings. The van der Waals surface area contributed by atoms with Crippen LogP contribution in [0, 0.1) is 13.8 Å². The van der Waals surface area contributed by atoms with Crippen molar-refractivity contribution >= 4 is 33.8 Å². The molecule has 0 aliphatic rings. The highest BCUT2D eigenvalue weighted by Crippen LogP contribution is 2.34. The monoisotopic (exact) mass is 320 g/mol. The van der Waals surface area contributed by atoms with Crippen LogP contribution in [0.1, 0.15) is 16.7 Å². The van der Waals surface area contributed by atoms with Crippen molar-refractivity contribution in [2.45, 2.75) is 13.8 Å². The van der Waals surface area contributed by atoms with Crippen molar-refractivity contribution in [2.75, 3.05) is 7.11 Å². The lowest BCUT2D eigenvalue weighted by atomic mass is 9.99. The minimum atomic E-state index is -0.615. The highest BCUT2D eigenvalue weighted by Gasteiger charge is 2.12. The predicted molar refractivity (Wildman–Crippen MR) is 95.0 cm³/mol. The maximum atomic E-state index is 11.4. The summed E-state index contributed by atoms with van der Waals surface area (Å²) in [6.45, 7) is 4.02. The average molecular weight is 320 g/mol. The van der Waals surface area contributed by atoms with E-state index < -0.39 is 5.91 Å². The lowest BCUT2D eigenvalue weighted by Gasteiger charge is -2.06. The Balaban J connectivity index is 2.22. The summed E-state index contributed by atoms with van der Waals surface area (Å²) < 4.78 is 5.32. The zero-order valence-corrected chi connectivity index (χ0v) is 13.6. The number of aryl methyl sites for hydroxylation is 2. The number of nitrogens with zero attached hydrogens (tertiary/aromatic N) is 3. The Morgan fingerprint density at radius 2 is 2.12 bits per heavy atom. The molecule has 2 aromatic carbocycles. The number of hydrogen-bond donors (Lipinski definition) is 1. The van der Waals surface area contributed by atoms with Gasteiger partial charge in [-0.3, -0.25) is 4.79 Å². The zero-order valence-electron chi connectivity index (χ0n) is 13.6. The van der Waals surface area contributed by atoms with Crippen molar-refractivity contribution in [3.63, 3.8) is 0 Å². The number of benzene rings is 2. The molecule has 0 saturated heterocycles. The summed E-state index contributed by atoms with van der Waals surface area (Å²) in [5.74, 6) is 0.195. The maximum Gasteiger partial charge on any atom is 0.242 e. The first kappa shape index (κ1) is 15.6. The second-order valence-corrected chi connectivity index (χ2v) is 5.56. The van der Waals surface area contributed by atoms with Crippen LogP contribution < -0.4 is 4.74 Å². The number of azide groups is 1. The van der Waals surface area contributed by atoms with E-state index in [1.54, 1.807) is 13.2 Å². The van der Waals surface area contributed by atoms with E-state index in [9.17, 15) is 4.79 Å². The molecule has 0 saturated carbocycles. The topological polar surface area (TPSA) is 90.9 Å². The summed E-state index contributed by atoms with van der Waals surface area (Å²) in [7, 11) is 1.65. The highest BCUT2D eigenvalue weighted by atomic mass is 16.5. The third kappa shape index (κ3) is 2.59. The first-order valence-electron chi connectivity index (χ1n) is 7.42. The fourth-order valence-electron chi connectivity index (χ4n) is 2.96. The summed E-state index contributed by atoms with van der Waals surface area (Å²) in [6, 6.07) is 7.95. The molecule has 3 aromatic rings. The van der Waals surface area contributed by atoms with Crippen LogP contribution >= 0.6 is 0 Å². The van der Waals surface area contributed by atoms with Crippen LogP contribution in [0.4, 0.5) is 0 Å². The molecule has 0 aliphatic carbocycles. The van der Waals surface area contributed by atoms with Crippen LogP contribution in [0.2, 0.25) is 0 Å². The molecule has 1 amide bonds. The Hall–Kier alpha value is -3.24. The maximum absolute atomic E-state index is 11.4. The fraction of sp³-hybridized carbons (Fsp3) is 0.167. The van der Waals surface area contributed by atoms with Crippen LogP contribution in [0.5, 0.6) is 5.75 Å². The number of rotatable bonds is 3. The Kier molecular flexibility index (Phi) is 3.98. The van der Waals surface area contributed by atoms with E-state index in [0.717, 1.165) is 44.2 Å². The van der Waals surface area contributed by atoms with E-state index in [1.165, 1.54) is 6.08 Å². The smallest absolute Gasteiger partial charge is 0.242 e. The van der Waals surface area contributed by atoms with Crippen molar-refractivity contribution in [3.05, 3.63) is 57.5 Å². The molecule has 1 heterocycles. The largest absolute Gasteiger partial charge is 0.497 e. The van der Waals surface area contributed by atoms with Crippen molar-refractivity contribution < 1.29 is 9.53 Å². The molecule has 1 N–H and O–H groups in total. The molecule has 0 atom stereocenters. The van der Waals surface area contributed by atoms with Gasteiger partial charge < -0.3 is 9.72 Å². The number of carbonyl (C=O) groups excluding carboxylic acids is 1. The van der Waals surface area contributed by atoms with Crippen LogP contribution in [0.3, 0.4) is 0 Å². The number of amides is 1. The summed E-state index contributed by atoms with van der Waals surface area (Å²) >= 11 is 0. The third-order valence-corrected chi connectivity index (χ3v) is 4.13. The summed E-state index contributed by atoms with van der Waals surface area (Å²) in [5, 5.41) is 5.28. The Labute approximate surface area is 138 Å². The normalized spacial score (nSPS) is 11.1. The first-order valence-corrected chi connectivity index (χ1v) is 7.42. The first-order chi connectivity index (χ1) is 11.5. The van der Waals surface area contributed by atoms with Gasteiger partial charge in [0.1, 0.15) is 5.75 Å². The number of ether oxygens (including phenoxy) is 1. The Bertz CT molecular complexity index is 1040. The van der Waals surface area contributed by atoms with Crippen LogP contribution in [-0.4, -0.2) is 18.0 Å². The molecule has 1 aromatic heterocycles. The van der Waals surface area contributed by atoms with Gasteiger partial charge in [-0.05, 0) is 65.5 Å². The number of aromatic amines is 1. The zero-order chi connectivity index (χ0) is 17.3. The number of nitrogens with one attached hydrogen (secondary N) is 1. The van der Waals surface area contributed by atoms with E-state index in [4.69, 9.17) is 10.3 Å². The number of fused-ring (bicyclic) bond motifs is 3. The quantitative estimate of drug-likeness (QED) is 0.325. The lowest BCUT2D eigenvalue weighted by molar-refractivity contribution is -0.113. The second-order valence-electron chi connectivity index (χ2n) is 5.56. The van der Waals surface area contributed by atoms with Crippen molar-refractivity contribution in [1.82, 2.24) is 4.98 Å². The predicted octanol–water partition coefficient (Wildman–Crippen LogP) is 4.80. The minimum Gasteiger partial charge on any atom is -0.497 e. The summed E-state index contributed by atoms with van der Waals surface area (Å²) in [4.78, 5) is 17.3. The molecular weight excluding hydrogens is 304 g/mol. The van der Waals surface area contributed by atoms with E-state index in [-0.39, 0.29) is 0 Å². The molecule has 120 valence electrons. The lowest BCUT2D eigenvalue weighted by Crippen LogP contribution is -1.89. The summed E-state index contributed by atoms with van der Waals surface area (Å²) in [5.41, 5.74) is 13.4.